The second-order valence-corrected chi connectivity index (χ2v) is 17.1. The Labute approximate surface area is 332 Å². The summed E-state index contributed by atoms with van der Waals surface area (Å²) in [4.78, 5) is 45.4. The first-order valence-electron chi connectivity index (χ1n) is 21.1. The Kier molecular flexibility index (Phi) is 11.7. The molecule has 0 radical (unpaired) electrons. The van der Waals surface area contributed by atoms with Crippen LogP contribution in [0.25, 0.3) is 0 Å². The number of carboxylic acids is 1. The predicted molar refractivity (Wildman–Crippen MR) is 209 cm³/mol. The molecule has 5 heterocycles. The summed E-state index contributed by atoms with van der Waals surface area (Å²) < 4.78 is 31.7. The number of benzene rings is 2. The van der Waals surface area contributed by atoms with E-state index in [4.69, 9.17) is 9.90 Å². The smallest absolute Gasteiger partial charge is 0.475 e. The van der Waals surface area contributed by atoms with E-state index in [0.717, 1.165) is 63.2 Å². The molecule has 57 heavy (non-hydrogen) atoms. The highest BCUT2D eigenvalue weighted by molar-refractivity contribution is 5.96. The molecular weight excluding hydrogens is 732 g/mol. The average Bonchev–Trinajstić information content (AvgIpc) is 3.98. The molecule has 1 unspecified atom stereocenters. The van der Waals surface area contributed by atoms with Gasteiger partial charge in [-0.25, -0.2) is 9.78 Å². The van der Waals surface area contributed by atoms with E-state index in [9.17, 15) is 22.8 Å². The molecule has 3 N–H and O–H groups in total. The number of amides is 2. The number of carbonyl (C=O) groups excluding carboxylic acids is 2. The second kappa shape index (κ2) is 16.9. The van der Waals surface area contributed by atoms with Crippen LogP contribution in [0.2, 0.25) is 0 Å². The average molecular weight is 786 g/mol. The Morgan fingerprint density at radius 1 is 0.561 bits per heavy atom. The quantitative estimate of drug-likeness (QED) is 0.188. The molecule has 2 aliphatic carbocycles. The largest absolute Gasteiger partial charge is 0.490 e. The molecule has 2 saturated carbocycles. The lowest BCUT2D eigenvalue weighted by molar-refractivity contribution is -0.192. The third-order valence-electron chi connectivity index (χ3n) is 13.9. The molecule has 6 aliphatic rings. The fourth-order valence-corrected chi connectivity index (χ4v) is 11.0. The van der Waals surface area contributed by atoms with Crippen molar-refractivity contribution in [3.63, 3.8) is 0 Å². The van der Waals surface area contributed by atoms with Crippen molar-refractivity contribution in [2.45, 2.75) is 132 Å². The van der Waals surface area contributed by atoms with Crippen LogP contribution in [0, 0.1) is 11.8 Å². The minimum absolute atomic E-state index is 0.162. The van der Waals surface area contributed by atoms with Gasteiger partial charge in [-0.3, -0.25) is 19.4 Å². The van der Waals surface area contributed by atoms with E-state index in [1.807, 2.05) is 0 Å². The Hall–Kier alpha value is -4.29. The van der Waals surface area contributed by atoms with Gasteiger partial charge in [0.2, 0.25) is 0 Å². The van der Waals surface area contributed by atoms with Gasteiger partial charge in [-0.2, -0.15) is 13.2 Å². The zero-order chi connectivity index (χ0) is 39.7. The van der Waals surface area contributed by atoms with Crippen molar-refractivity contribution in [3.05, 3.63) is 100 Å². The van der Waals surface area contributed by atoms with Crippen LogP contribution in [0.3, 0.4) is 0 Å². The third kappa shape index (κ3) is 8.63. The number of aliphatic carboxylic acids is 1. The lowest BCUT2D eigenvalue weighted by Gasteiger charge is -2.31. The number of nitrogens with zero attached hydrogens (tertiary/aromatic N) is 3. The van der Waals surface area contributed by atoms with E-state index in [2.05, 4.69) is 73.9 Å². The van der Waals surface area contributed by atoms with E-state index in [1.165, 1.54) is 51.6 Å². The van der Waals surface area contributed by atoms with Crippen LogP contribution in [-0.4, -0.2) is 69.0 Å². The number of aromatic nitrogens is 1. The summed E-state index contributed by atoms with van der Waals surface area (Å²) in [6.45, 7) is 2.36. The van der Waals surface area contributed by atoms with E-state index in [0.29, 0.717) is 35.6 Å². The van der Waals surface area contributed by atoms with Gasteiger partial charge in [0.25, 0.3) is 11.8 Å². The molecular formula is C45H54F3N5O4. The van der Waals surface area contributed by atoms with Crippen molar-refractivity contribution in [2.24, 2.45) is 11.8 Å². The maximum Gasteiger partial charge on any atom is 0.490 e. The Morgan fingerprint density at radius 3 is 1.21 bits per heavy atom. The van der Waals surface area contributed by atoms with Crippen molar-refractivity contribution in [2.75, 3.05) is 13.1 Å². The molecule has 2 amide bonds. The van der Waals surface area contributed by atoms with Crippen molar-refractivity contribution in [1.82, 2.24) is 25.4 Å². The number of rotatable bonds is 10. The highest BCUT2D eigenvalue weighted by Crippen LogP contribution is 2.54. The van der Waals surface area contributed by atoms with E-state index >= 15 is 0 Å². The molecule has 3 aromatic rings. The molecule has 304 valence electrons. The minimum Gasteiger partial charge on any atom is -0.475 e. The topological polar surface area (TPSA) is 115 Å². The van der Waals surface area contributed by atoms with Crippen LogP contribution in [0.4, 0.5) is 13.2 Å². The van der Waals surface area contributed by atoms with Gasteiger partial charge in [-0.05, 0) is 149 Å². The standard InChI is InChI=1S/C43H53N5O2.C2HF3O2/c49-42(44-30-16-12-28(13-17-30)24-26-47-38-20-21-39(47)33-7-2-1-6-32(33)38)36-10-5-11-37(46-36)43(50)45-31-18-14-29(15-19-31)25-27-48-40-22-23-41(48)35-9-4-3-8-34(35)40;3-2(4,5)1(6)7/h1-11,28-31,38-41H,12-27H2,(H,44,49)(H,45,50);(H,6,7)/t28?,29?,30?,31?,38-,39+,40-,41?;/m1./s1. The first-order valence-corrected chi connectivity index (χ1v) is 21.1. The number of carboxylic acid groups (broad SMARTS) is 1. The molecule has 12 heteroatoms. The van der Waals surface area contributed by atoms with Crippen LogP contribution < -0.4 is 10.6 Å². The first-order chi connectivity index (χ1) is 27.5. The third-order valence-corrected chi connectivity index (χ3v) is 13.9. The number of carbonyl (C=O) groups is 3. The maximum atomic E-state index is 13.2. The fourth-order valence-electron chi connectivity index (χ4n) is 11.0. The number of halogens is 3. The number of fused-ring (bicyclic) bond motifs is 10. The fraction of sp³-hybridized carbons (Fsp3) is 0.556. The lowest BCUT2D eigenvalue weighted by Crippen LogP contribution is -2.39. The van der Waals surface area contributed by atoms with Gasteiger partial charge in [0, 0.05) is 36.3 Å². The van der Waals surface area contributed by atoms with Crippen molar-refractivity contribution in [1.29, 1.82) is 0 Å². The van der Waals surface area contributed by atoms with Crippen LogP contribution in [0.15, 0.2) is 66.7 Å². The van der Waals surface area contributed by atoms with Crippen molar-refractivity contribution < 1.29 is 32.7 Å². The van der Waals surface area contributed by atoms with Gasteiger partial charge in [0.15, 0.2) is 0 Å². The molecule has 4 atom stereocenters. The Balaban J connectivity index is 0.000000598. The van der Waals surface area contributed by atoms with Crippen LogP contribution >= 0.6 is 0 Å². The summed E-state index contributed by atoms with van der Waals surface area (Å²) in [6, 6.07) is 26.2. The molecule has 2 aromatic carbocycles. The Morgan fingerprint density at radius 2 is 0.895 bits per heavy atom. The number of hydrogen-bond acceptors (Lipinski definition) is 6. The summed E-state index contributed by atoms with van der Waals surface area (Å²) in [5, 5.41) is 13.6. The zero-order valence-electron chi connectivity index (χ0n) is 32.4. The summed E-state index contributed by atoms with van der Waals surface area (Å²) >= 11 is 0. The number of pyridine rings is 1. The SMILES string of the molecule is O=C(NC1CCC(CCN2C3CC[C@@H]2c2ccccc23)CC1)c1cccc(C(=O)NC2CCC(CCN3[C@@H]4CC[C@H]3c3ccccc34)CC2)n1.O=C(O)C(F)(F)F. The summed E-state index contributed by atoms with van der Waals surface area (Å²) in [7, 11) is 0. The number of alkyl halides is 3. The van der Waals surface area contributed by atoms with Crippen molar-refractivity contribution in [3.8, 4) is 0 Å². The van der Waals surface area contributed by atoms with E-state index < -0.39 is 12.1 Å². The van der Waals surface area contributed by atoms with Gasteiger partial charge in [-0.15, -0.1) is 0 Å². The van der Waals surface area contributed by atoms with Gasteiger partial charge >= 0.3 is 12.1 Å². The Bertz CT molecular complexity index is 1740. The molecule has 2 saturated heterocycles. The van der Waals surface area contributed by atoms with Crippen LogP contribution in [0.5, 0.6) is 0 Å². The van der Waals surface area contributed by atoms with Gasteiger partial charge < -0.3 is 15.7 Å². The lowest BCUT2D eigenvalue weighted by atomic mass is 9.84. The molecule has 0 spiro atoms. The van der Waals surface area contributed by atoms with Gasteiger partial charge in [-0.1, -0.05) is 54.6 Å². The predicted octanol–water partition coefficient (Wildman–Crippen LogP) is 8.86. The van der Waals surface area contributed by atoms with Gasteiger partial charge in [0.05, 0.1) is 0 Å². The van der Waals surface area contributed by atoms with E-state index in [-0.39, 0.29) is 23.9 Å². The first kappa shape index (κ1) is 39.5. The van der Waals surface area contributed by atoms with Crippen LogP contribution in [0.1, 0.15) is 157 Å². The highest BCUT2D eigenvalue weighted by atomic mass is 19.4. The molecule has 9 rings (SSSR count). The molecule has 4 fully saturated rings. The number of nitrogens with one attached hydrogen (secondary N) is 2. The minimum atomic E-state index is -5.08. The van der Waals surface area contributed by atoms with Crippen LogP contribution in [-0.2, 0) is 4.79 Å². The molecule has 4 aliphatic heterocycles. The normalized spacial score (nSPS) is 28.9. The molecule has 4 bridgehead atoms. The summed E-state index contributed by atoms with van der Waals surface area (Å²) in [5.41, 5.74) is 6.93. The summed E-state index contributed by atoms with van der Waals surface area (Å²) in [5.74, 6) is -1.63. The van der Waals surface area contributed by atoms with Crippen molar-refractivity contribution >= 4 is 17.8 Å². The maximum absolute atomic E-state index is 13.2. The zero-order valence-corrected chi connectivity index (χ0v) is 32.4. The molecule has 1 aromatic heterocycles. The van der Waals surface area contributed by atoms with E-state index in [1.54, 1.807) is 40.5 Å². The highest BCUT2D eigenvalue weighted by Gasteiger charge is 2.44. The number of hydrogen-bond donors (Lipinski definition) is 3. The van der Waals surface area contributed by atoms with Gasteiger partial charge in [0.1, 0.15) is 11.4 Å². The molecule has 9 nitrogen and oxygen atoms in total. The monoisotopic (exact) mass is 785 g/mol. The second-order valence-electron chi connectivity index (χ2n) is 17.1. The summed E-state index contributed by atoms with van der Waals surface area (Å²) in [6.07, 6.45) is 11.3.